The van der Waals surface area contributed by atoms with E-state index in [1.807, 2.05) is 18.2 Å². The van der Waals surface area contributed by atoms with Crippen molar-refractivity contribution in [1.29, 1.82) is 0 Å². The molecule has 0 unspecified atom stereocenters. The maximum absolute atomic E-state index is 5.20. The Morgan fingerprint density at radius 1 is 1.25 bits per heavy atom. The third-order valence-electron chi connectivity index (χ3n) is 1.72. The summed E-state index contributed by atoms with van der Waals surface area (Å²) in [6, 6.07) is 10.2. The molecule has 0 spiro atoms. The summed E-state index contributed by atoms with van der Waals surface area (Å²) in [5.41, 5.74) is 2.29. The zero-order valence-corrected chi connectivity index (χ0v) is 8.04. The monoisotopic (exact) mass is 191 g/mol. The van der Waals surface area contributed by atoms with Gasteiger partial charge in [-0.1, -0.05) is 42.5 Å². The summed E-state index contributed by atoms with van der Waals surface area (Å²) in [4.78, 5) is 1.02. The lowest BCUT2D eigenvalue weighted by atomic mass is 10.1. The topological polar surface area (TPSA) is 0 Å². The molecule has 1 aliphatic heterocycles. The Kier molecular flexibility index (Phi) is 2.28. The lowest BCUT2D eigenvalue weighted by molar-refractivity contribution is 1.64. The van der Waals surface area contributed by atoms with Crippen molar-refractivity contribution < 1.29 is 0 Å². The van der Waals surface area contributed by atoms with Crippen molar-refractivity contribution in [3.8, 4) is 0 Å². The molecule has 59 valence electrons. The van der Waals surface area contributed by atoms with Gasteiger partial charge in [0.25, 0.3) is 0 Å². The first kappa shape index (κ1) is 8.02. The van der Waals surface area contributed by atoms with Crippen molar-refractivity contribution in [2.24, 2.45) is 0 Å². The molecule has 0 saturated heterocycles. The van der Waals surface area contributed by atoms with Crippen LogP contribution in [0.1, 0.15) is 5.56 Å². The smallest absolute Gasteiger partial charge is 0.0344 e. The van der Waals surface area contributed by atoms with Gasteiger partial charge in [0.1, 0.15) is 0 Å². The first-order valence-corrected chi connectivity index (χ1v) is 5.11. The van der Waals surface area contributed by atoms with E-state index < -0.39 is 0 Å². The number of allylic oxidation sites excluding steroid dienone is 1. The third-order valence-corrected chi connectivity index (χ3v) is 3.03. The maximum Gasteiger partial charge on any atom is 0.0344 e. The van der Waals surface area contributed by atoms with E-state index in [9.17, 15) is 0 Å². The summed E-state index contributed by atoms with van der Waals surface area (Å²) in [7, 11) is 0. The third kappa shape index (κ3) is 1.45. The quantitative estimate of drug-likeness (QED) is 0.626. The zero-order valence-electron chi connectivity index (χ0n) is 6.41. The number of thiocarbonyl (C=S) groups is 1. The van der Waals surface area contributed by atoms with Gasteiger partial charge >= 0.3 is 0 Å². The van der Waals surface area contributed by atoms with E-state index in [0.29, 0.717) is 0 Å². The molecule has 0 aromatic heterocycles. The average Bonchev–Trinajstić information content (AvgIpc) is 2.53. The van der Waals surface area contributed by atoms with E-state index in [1.54, 1.807) is 11.8 Å². The Bertz CT molecular complexity index is 325. The minimum Gasteiger partial charge on any atom is -0.119 e. The van der Waals surface area contributed by atoms with Crippen LogP contribution in [0.4, 0.5) is 0 Å². The molecule has 2 rings (SSSR count). The fourth-order valence-corrected chi connectivity index (χ4v) is 2.27. The molecular weight excluding hydrogens is 184 g/mol. The molecule has 1 radical (unpaired) electrons. The van der Waals surface area contributed by atoms with E-state index in [-0.39, 0.29) is 0 Å². The van der Waals surface area contributed by atoms with Crippen molar-refractivity contribution in [2.45, 2.75) is 0 Å². The van der Waals surface area contributed by atoms with Crippen LogP contribution in [0.3, 0.4) is 0 Å². The lowest BCUT2D eigenvalue weighted by Crippen LogP contribution is -1.95. The molecule has 0 fully saturated rings. The first-order chi connectivity index (χ1) is 5.88. The van der Waals surface area contributed by atoms with Crippen LogP contribution in [0.25, 0.3) is 5.57 Å². The van der Waals surface area contributed by atoms with E-state index >= 15 is 0 Å². The Morgan fingerprint density at radius 3 is 2.58 bits per heavy atom. The van der Waals surface area contributed by atoms with Crippen LogP contribution in [-0.2, 0) is 0 Å². The number of rotatable bonds is 1. The van der Waals surface area contributed by atoms with E-state index in [0.717, 1.165) is 16.2 Å². The fourth-order valence-electron chi connectivity index (χ4n) is 1.13. The van der Waals surface area contributed by atoms with Crippen LogP contribution >= 0.6 is 24.0 Å². The molecule has 0 aliphatic carbocycles. The van der Waals surface area contributed by atoms with Crippen LogP contribution in [0, 0.1) is 5.41 Å². The first-order valence-electron chi connectivity index (χ1n) is 3.71. The molecule has 0 atom stereocenters. The number of hydrogen-bond acceptors (Lipinski definition) is 2. The molecule has 0 saturated carbocycles. The van der Waals surface area contributed by atoms with E-state index in [2.05, 4.69) is 17.5 Å². The fraction of sp³-hybridized carbons (Fsp3) is 0.100. The Balaban J connectivity index is 2.38. The standard InChI is InChI=1S/C10H7S2/c11-10-7-12-6-9(10)8-4-2-1-3-5-8/h1-5H,7H2. The molecule has 0 bridgehead atoms. The second-order valence-corrected chi connectivity index (χ2v) is 3.83. The number of hydrogen-bond donors (Lipinski definition) is 0. The average molecular weight is 191 g/mol. The lowest BCUT2D eigenvalue weighted by Gasteiger charge is -1.99. The predicted octanol–water partition coefficient (Wildman–Crippen LogP) is 2.95. The zero-order chi connectivity index (χ0) is 8.39. The van der Waals surface area contributed by atoms with Crippen LogP contribution in [0.2, 0.25) is 0 Å². The van der Waals surface area contributed by atoms with Gasteiger partial charge in [-0.15, -0.1) is 11.8 Å². The van der Waals surface area contributed by atoms with Gasteiger partial charge in [0.05, 0.1) is 0 Å². The Hall–Kier alpha value is -0.600. The molecule has 1 heterocycles. The highest BCUT2D eigenvalue weighted by Gasteiger charge is 2.13. The highest BCUT2D eigenvalue weighted by molar-refractivity contribution is 8.04. The van der Waals surface area contributed by atoms with Gasteiger partial charge < -0.3 is 0 Å². The van der Waals surface area contributed by atoms with Crippen LogP contribution in [-0.4, -0.2) is 10.6 Å². The minimum absolute atomic E-state index is 0.916. The molecule has 1 aliphatic rings. The maximum atomic E-state index is 5.20. The summed E-state index contributed by atoms with van der Waals surface area (Å²) in [5.74, 6) is 0.916. The molecule has 0 N–H and O–H groups in total. The summed E-state index contributed by atoms with van der Waals surface area (Å²) >= 11 is 6.86. The molecule has 0 nitrogen and oxygen atoms in total. The van der Waals surface area contributed by atoms with Crippen molar-refractivity contribution in [2.75, 3.05) is 5.75 Å². The van der Waals surface area contributed by atoms with Gasteiger partial charge in [0.2, 0.25) is 0 Å². The summed E-state index contributed by atoms with van der Waals surface area (Å²) in [6.07, 6.45) is 0. The van der Waals surface area contributed by atoms with E-state index in [4.69, 9.17) is 12.2 Å². The molecule has 2 heteroatoms. The Morgan fingerprint density at radius 2 is 2.00 bits per heavy atom. The second-order valence-electron chi connectivity index (χ2n) is 2.55. The number of benzene rings is 1. The van der Waals surface area contributed by atoms with Gasteiger partial charge in [-0.05, 0) is 5.56 Å². The molecule has 12 heavy (non-hydrogen) atoms. The van der Waals surface area contributed by atoms with Crippen LogP contribution in [0.15, 0.2) is 30.3 Å². The highest BCUT2D eigenvalue weighted by Crippen LogP contribution is 2.27. The highest BCUT2D eigenvalue weighted by atomic mass is 32.2. The SMILES string of the molecule is S=C1CS[C]=C1c1ccccc1. The summed E-state index contributed by atoms with van der Waals surface area (Å²) in [5, 5.41) is 3.21. The van der Waals surface area contributed by atoms with Crippen LogP contribution in [0.5, 0.6) is 0 Å². The molecule has 1 aromatic rings. The normalized spacial score (nSPS) is 16.3. The molecular formula is C10H7S2. The summed E-state index contributed by atoms with van der Waals surface area (Å²) in [6.45, 7) is 0. The Labute approximate surface area is 81.7 Å². The van der Waals surface area contributed by atoms with Crippen molar-refractivity contribution in [1.82, 2.24) is 0 Å². The van der Waals surface area contributed by atoms with Gasteiger partial charge in [-0.3, -0.25) is 0 Å². The molecule has 0 amide bonds. The minimum atomic E-state index is 0.916. The van der Waals surface area contributed by atoms with Gasteiger partial charge in [0.15, 0.2) is 0 Å². The van der Waals surface area contributed by atoms with Gasteiger partial charge in [0, 0.05) is 21.6 Å². The predicted molar refractivity (Wildman–Crippen MR) is 58.1 cm³/mol. The second kappa shape index (κ2) is 3.42. The van der Waals surface area contributed by atoms with Gasteiger partial charge in [-0.25, -0.2) is 0 Å². The molecule has 1 aromatic carbocycles. The van der Waals surface area contributed by atoms with Crippen LogP contribution < -0.4 is 0 Å². The largest absolute Gasteiger partial charge is 0.119 e. The summed E-state index contributed by atoms with van der Waals surface area (Å²) < 4.78 is 0. The van der Waals surface area contributed by atoms with Gasteiger partial charge in [-0.2, -0.15) is 0 Å². The van der Waals surface area contributed by atoms with Crippen molar-refractivity contribution in [3.63, 3.8) is 0 Å². The van der Waals surface area contributed by atoms with Crippen molar-refractivity contribution >= 4 is 34.4 Å². The number of thioether (sulfide) groups is 1. The van der Waals surface area contributed by atoms with Crippen molar-refractivity contribution in [3.05, 3.63) is 41.3 Å². The van der Waals surface area contributed by atoms with E-state index in [1.165, 1.54) is 5.56 Å².